The Hall–Kier alpha value is -0.870. The molecule has 0 aliphatic rings. The molecule has 22 heavy (non-hydrogen) atoms. The maximum absolute atomic E-state index is 8.74. The van der Waals surface area contributed by atoms with Gasteiger partial charge in [0.25, 0.3) is 0 Å². The summed E-state index contributed by atoms with van der Waals surface area (Å²) in [4.78, 5) is 4.15. The van der Waals surface area contributed by atoms with Gasteiger partial charge in [0.2, 0.25) is 5.88 Å². The molecule has 128 valence electrons. The Morgan fingerprint density at radius 1 is 1.27 bits per heavy atom. The van der Waals surface area contributed by atoms with Crippen LogP contribution in [0.4, 0.5) is 0 Å². The highest BCUT2D eigenvalue weighted by Gasteiger charge is 1.95. The van der Waals surface area contributed by atoms with E-state index in [2.05, 4.69) is 22.9 Å². The Morgan fingerprint density at radius 2 is 1.95 bits per heavy atom. The van der Waals surface area contributed by atoms with Crippen molar-refractivity contribution in [3.8, 4) is 5.88 Å². The third-order valence-electron chi connectivity index (χ3n) is 2.43. The van der Waals surface area contributed by atoms with E-state index in [1.165, 1.54) is 18.4 Å². The molecule has 0 spiro atoms. The fraction of sp³-hybridized carbons (Fsp3) is 0.615. The van der Waals surface area contributed by atoms with Gasteiger partial charge in [-0.1, -0.05) is 0 Å². The van der Waals surface area contributed by atoms with Crippen molar-refractivity contribution in [1.82, 2.24) is 10.3 Å². The first-order valence-electron chi connectivity index (χ1n) is 6.90. The van der Waals surface area contributed by atoms with Crippen LogP contribution in [-0.2, 0) is 10.4 Å². The highest BCUT2D eigenvalue weighted by atomic mass is 32.3. The summed E-state index contributed by atoms with van der Waals surface area (Å²) in [5, 5.41) is 3.32. The Morgan fingerprint density at radius 3 is 2.55 bits per heavy atom. The lowest BCUT2D eigenvalue weighted by atomic mass is 10.2. The molecule has 0 aliphatic carbocycles. The zero-order chi connectivity index (χ0) is 16.8. The molecule has 0 radical (unpaired) electrons. The van der Waals surface area contributed by atoms with Crippen molar-refractivity contribution in [3.05, 3.63) is 23.9 Å². The number of rotatable bonds is 9. The van der Waals surface area contributed by atoms with Gasteiger partial charge in [0.1, 0.15) is 0 Å². The number of nitrogens with zero attached hydrogens (tertiary/aromatic N) is 1. The molecule has 9 heteroatoms. The second-order valence-electron chi connectivity index (χ2n) is 4.50. The van der Waals surface area contributed by atoms with Crippen molar-refractivity contribution in [2.75, 3.05) is 25.4 Å². The van der Waals surface area contributed by atoms with Crippen LogP contribution in [0.1, 0.15) is 24.8 Å². The van der Waals surface area contributed by atoms with E-state index in [-0.39, 0.29) is 0 Å². The van der Waals surface area contributed by atoms with Gasteiger partial charge < -0.3 is 10.1 Å². The average Bonchev–Trinajstić information content (AvgIpc) is 2.40. The van der Waals surface area contributed by atoms with E-state index in [0.717, 1.165) is 37.8 Å². The minimum Gasteiger partial charge on any atom is -0.478 e. The largest absolute Gasteiger partial charge is 0.478 e. The van der Waals surface area contributed by atoms with Gasteiger partial charge in [-0.05, 0) is 44.4 Å². The third-order valence-corrected chi connectivity index (χ3v) is 2.65. The number of nitrogens with one attached hydrogen (secondary N) is 1. The molecule has 1 heterocycles. The summed E-state index contributed by atoms with van der Waals surface area (Å²) in [7, 11) is -4.67. The van der Waals surface area contributed by atoms with Gasteiger partial charge in [-0.3, -0.25) is 9.11 Å². The van der Waals surface area contributed by atoms with Gasteiger partial charge in [0.05, 0.1) is 6.61 Å². The summed E-state index contributed by atoms with van der Waals surface area (Å²) >= 11 is 4.14. The van der Waals surface area contributed by atoms with Crippen LogP contribution in [-0.4, -0.2) is 48.0 Å². The summed E-state index contributed by atoms with van der Waals surface area (Å²) in [6, 6.07) is 3.94. The molecule has 7 nitrogen and oxygen atoms in total. The summed E-state index contributed by atoms with van der Waals surface area (Å²) in [6.45, 7) is 4.86. The highest BCUT2D eigenvalue weighted by molar-refractivity contribution is 7.80. The first kappa shape index (κ1) is 21.1. The third kappa shape index (κ3) is 17.2. The topological polar surface area (TPSA) is 109 Å². The number of aryl methyl sites for hydroxylation is 1. The van der Waals surface area contributed by atoms with E-state index >= 15 is 0 Å². The lowest BCUT2D eigenvalue weighted by Gasteiger charge is -2.06. The van der Waals surface area contributed by atoms with Crippen molar-refractivity contribution >= 4 is 23.0 Å². The number of hydrogen-bond acceptors (Lipinski definition) is 6. The van der Waals surface area contributed by atoms with E-state index < -0.39 is 10.4 Å². The molecule has 0 saturated carbocycles. The minimum atomic E-state index is -4.67. The van der Waals surface area contributed by atoms with Crippen molar-refractivity contribution < 1.29 is 22.3 Å². The predicted octanol–water partition coefficient (Wildman–Crippen LogP) is 1.81. The number of aromatic nitrogens is 1. The Kier molecular flexibility index (Phi) is 12.2. The fourth-order valence-electron chi connectivity index (χ4n) is 1.50. The Balaban J connectivity index is 0.000000763. The summed E-state index contributed by atoms with van der Waals surface area (Å²) in [6.07, 6.45) is 5.24. The molecular weight excluding hydrogens is 328 g/mol. The Bertz CT molecular complexity index is 489. The summed E-state index contributed by atoms with van der Waals surface area (Å²) in [5.41, 5.74) is 1.19. The molecular formula is C13H24N2O5S2. The number of thiol groups is 1. The van der Waals surface area contributed by atoms with E-state index in [0.29, 0.717) is 0 Å². The molecule has 0 fully saturated rings. The summed E-state index contributed by atoms with van der Waals surface area (Å²) < 4.78 is 37.2. The monoisotopic (exact) mass is 352 g/mol. The van der Waals surface area contributed by atoms with Crippen LogP contribution in [0.25, 0.3) is 0 Å². The van der Waals surface area contributed by atoms with Gasteiger partial charge in [-0.25, -0.2) is 4.98 Å². The van der Waals surface area contributed by atoms with Crippen LogP contribution in [0.5, 0.6) is 5.88 Å². The van der Waals surface area contributed by atoms with E-state index in [4.69, 9.17) is 22.3 Å². The maximum atomic E-state index is 8.74. The maximum Gasteiger partial charge on any atom is 0.394 e. The lowest BCUT2D eigenvalue weighted by molar-refractivity contribution is 0.293. The molecule has 1 aromatic rings. The van der Waals surface area contributed by atoms with Crippen LogP contribution in [0.3, 0.4) is 0 Å². The highest BCUT2D eigenvalue weighted by Crippen LogP contribution is 2.08. The summed E-state index contributed by atoms with van der Waals surface area (Å²) in [5.74, 6) is 1.64. The molecule has 0 atom stereocenters. The van der Waals surface area contributed by atoms with Gasteiger partial charge in [0.15, 0.2) is 0 Å². The Labute approximate surface area is 137 Å². The van der Waals surface area contributed by atoms with Crippen LogP contribution in [0.15, 0.2) is 18.3 Å². The number of pyridine rings is 1. The number of hydrogen-bond donors (Lipinski definition) is 4. The molecule has 0 aliphatic heterocycles. The average molecular weight is 352 g/mol. The van der Waals surface area contributed by atoms with Crippen molar-refractivity contribution in [1.29, 1.82) is 0 Å². The number of unbranched alkanes of at least 4 members (excludes halogenated alkanes) is 2. The van der Waals surface area contributed by atoms with Gasteiger partial charge in [-0.15, -0.1) is 0 Å². The molecule has 3 N–H and O–H groups in total. The van der Waals surface area contributed by atoms with Crippen LogP contribution < -0.4 is 10.1 Å². The normalized spacial score (nSPS) is 10.7. The first-order chi connectivity index (χ1) is 10.3. The zero-order valence-corrected chi connectivity index (χ0v) is 14.3. The van der Waals surface area contributed by atoms with E-state index in [1.54, 1.807) is 6.20 Å². The standard InChI is InChI=1S/C13H22N2OS.H2O4S/c1-12-5-7-15-13(11-12)16-9-4-2-3-6-14-8-10-17;1-5(2,3)4/h5,7,11,14,17H,2-4,6,8-10H2,1H3;(H2,1,2,3,4). The molecule has 1 rings (SSSR count). The van der Waals surface area contributed by atoms with Crippen molar-refractivity contribution in [2.24, 2.45) is 0 Å². The van der Waals surface area contributed by atoms with E-state index in [1.807, 2.05) is 19.1 Å². The lowest BCUT2D eigenvalue weighted by Crippen LogP contribution is -2.17. The predicted molar refractivity (Wildman–Crippen MR) is 89.2 cm³/mol. The second-order valence-corrected chi connectivity index (χ2v) is 5.84. The second kappa shape index (κ2) is 12.7. The van der Waals surface area contributed by atoms with Gasteiger partial charge in [-0.2, -0.15) is 21.0 Å². The van der Waals surface area contributed by atoms with Gasteiger partial charge >= 0.3 is 10.4 Å². The zero-order valence-electron chi connectivity index (χ0n) is 12.6. The van der Waals surface area contributed by atoms with E-state index in [9.17, 15) is 0 Å². The smallest absolute Gasteiger partial charge is 0.394 e. The molecule has 0 unspecified atom stereocenters. The van der Waals surface area contributed by atoms with Crippen LogP contribution >= 0.6 is 12.6 Å². The molecule has 0 bridgehead atoms. The van der Waals surface area contributed by atoms with Crippen molar-refractivity contribution in [3.63, 3.8) is 0 Å². The van der Waals surface area contributed by atoms with Crippen molar-refractivity contribution in [2.45, 2.75) is 26.2 Å². The fourth-order valence-corrected chi connectivity index (χ4v) is 1.66. The number of ether oxygens (including phenoxy) is 1. The minimum absolute atomic E-state index is 0.734. The van der Waals surface area contributed by atoms with Crippen LogP contribution in [0.2, 0.25) is 0 Å². The van der Waals surface area contributed by atoms with Gasteiger partial charge in [0, 0.05) is 24.6 Å². The first-order valence-corrected chi connectivity index (χ1v) is 8.93. The SMILES string of the molecule is Cc1ccnc(OCCCCCNCCS)c1.O=S(=O)(O)O. The molecule has 0 amide bonds. The molecule has 0 aromatic carbocycles. The molecule has 1 aromatic heterocycles. The molecule has 0 saturated heterocycles. The van der Waals surface area contributed by atoms with Crippen LogP contribution in [0, 0.1) is 6.92 Å². The quantitative estimate of drug-likeness (QED) is 0.305.